The van der Waals surface area contributed by atoms with Crippen LogP contribution < -0.4 is 4.89 Å². The molecule has 3 rings (SSSR count). The van der Waals surface area contributed by atoms with Gasteiger partial charge in [-0.2, -0.15) is 0 Å². The molecule has 0 spiro atoms. The summed E-state index contributed by atoms with van der Waals surface area (Å²) < 4.78 is 41.5. The van der Waals surface area contributed by atoms with Gasteiger partial charge < -0.3 is 9.64 Å². The Morgan fingerprint density at radius 2 is 1.72 bits per heavy atom. The fourth-order valence-electron chi connectivity index (χ4n) is 2.81. The summed E-state index contributed by atoms with van der Waals surface area (Å²) in [5.74, 6) is -1.84. The van der Waals surface area contributed by atoms with Crippen molar-refractivity contribution in [1.82, 2.24) is 9.79 Å². The molecule has 0 aromatic heterocycles. The lowest BCUT2D eigenvalue weighted by atomic mass is 10.00. The van der Waals surface area contributed by atoms with Gasteiger partial charge in [0.15, 0.2) is 13.2 Å². The molecule has 29 heavy (non-hydrogen) atoms. The Kier molecular flexibility index (Phi) is 6.57. The van der Waals surface area contributed by atoms with Crippen LogP contribution in [0.5, 0.6) is 0 Å². The Morgan fingerprint density at radius 3 is 2.45 bits per heavy atom. The maximum atomic E-state index is 12.9. The number of nitrogens with zero attached hydrogens (tertiary/aromatic N) is 1. The van der Waals surface area contributed by atoms with Crippen LogP contribution in [-0.2, 0) is 42.2 Å². The van der Waals surface area contributed by atoms with Gasteiger partial charge in [0.05, 0.1) is 4.90 Å². The molecule has 0 unspecified atom stereocenters. The zero-order chi connectivity index (χ0) is 20.9. The third kappa shape index (κ3) is 5.59. The Balaban J connectivity index is 1.41. The minimum Gasteiger partial charge on any atom is -0.454 e. The molecule has 1 heterocycles. The van der Waals surface area contributed by atoms with Crippen molar-refractivity contribution in [3.05, 3.63) is 65.5 Å². The van der Waals surface area contributed by atoms with E-state index in [1.807, 2.05) is 24.3 Å². The molecule has 0 fully saturated rings. The number of rotatable bonds is 7. The van der Waals surface area contributed by atoms with E-state index < -0.39 is 35.0 Å². The topological polar surface area (TPSA) is 102 Å². The third-order valence-corrected chi connectivity index (χ3v) is 5.55. The van der Waals surface area contributed by atoms with Crippen LogP contribution in [0.4, 0.5) is 4.39 Å². The summed E-state index contributed by atoms with van der Waals surface area (Å²) in [6.45, 7) is -0.215. The molecule has 0 radical (unpaired) electrons. The second-order valence-electron chi connectivity index (χ2n) is 6.32. The predicted octanol–water partition coefficient (Wildman–Crippen LogP) is 1.16. The summed E-state index contributed by atoms with van der Waals surface area (Å²) in [5.41, 5.74) is 2.24. The molecule has 1 aliphatic heterocycles. The van der Waals surface area contributed by atoms with Crippen LogP contribution in [0.2, 0.25) is 0 Å². The van der Waals surface area contributed by atoms with E-state index in [0.29, 0.717) is 13.1 Å². The number of hydrogen-bond acceptors (Lipinski definition) is 6. The van der Waals surface area contributed by atoms with Gasteiger partial charge in [0, 0.05) is 13.1 Å². The van der Waals surface area contributed by atoms with E-state index in [1.54, 1.807) is 9.79 Å². The van der Waals surface area contributed by atoms with Gasteiger partial charge in [0.1, 0.15) is 5.82 Å². The van der Waals surface area contributed by atoms with Gasteiger partial charge in [0.2, 0.25) is 0 Å². The molecule has 0 atom stereocenters. The average Bonchev–Trinajstić information content (AvgIpc) is 2.72. The zero-order valence-electron chi connectivity index (χ0n) is 15.3. The van der Waals surface area contributed by atoms with Crippen molar-refractivity contribution in [2.24, 2.45) is 0 Å². The van der Waals surface area contributed by atoms with Gasteiger partial charge in [-0.05, 0) is 41.8 Å². The highest BCUT2D eigenvalue weighted by Gasteiger charge is 2.21. The van der Waals surface area contributed by atoms with E-state index in [9.17, 15) is 22.4 Å². The molecular weight excluding hydrogens is 403 g/mol. The van der Waals surface area contributed by atoms with Crippen LogP contribution in [0.3, 0.4) is 0 Å². The van der Waals surface area contributed by atoms with Gasteiger partial charge in [-0.25, -0.2) is 17.6 Å². The van der Waals surface area contributed by atoms with E-state index in [4.69, 9.17) is 4.74 Å². The third-order valence-electron chi connectivity index (χ3n) is 4.32. The van der Waals surface area contributed by atoms with Gasteiger partial charge in [-0.3, -0.25) is 9.63 Å². The van der Waals surface area contributed by atoms with Crippen molar-refractivity contribution >= 4 is 21.9 Å². The molecule has 0 bridgehead atoms. The number of carbonyl (C=O) groups excluding carboxylic acids is 2. The zero-order valence-corrected chi connectivity index (χ0v) is 16.2. The molecule has 154 valence electrons. The largest absolute Gasteiger partial charge is 0.454 e. The second kappa shape index (κ2) is 9.12. The molecule has 2 aromatic carbocycles. The van der Waals surface area contributed by atoms with E-state index in [-0.39, 0.29) is 10.8 Å². The number of halogens is 1. The molecule has 8 nitrogen and oxygen atoms in total. The molecule has 1 aliphatic rings. The van der Waals surface area contributed by atoms with Gasteiger partial charge in [-0.15, -0.1) is 0 Å². The number of carbonyl (C=O) groups is 2. The fraction of sp³-hybridized carbons (Fsp3) is 0.263. The minimum atomic E-state index is -4.07. The Hall–Kier alpha value is -2.82. The standard InChI is InChI=1S/C19H19FN2O6S/c20-16-5-7-17(8-6-16)29(25,26)21-28-13-19(24)27-12-18(23)22-10-9-14-3-1-2-4-15(14)11-22/h1-8,21H,9-13H2. The first-order valence-corrected chi connectivity index (χ1v) is 10.2. The molecule has 1 amide bonds. The number of benzene rings is 2. The summed E-state index contributed by atoms with van der Waals surface area (Å²) in [4.78, 5) is 31.7. The number of nitrogens with one attached hydrogen (secondary N) is 1. The second-order valence-corrected chi connectivity index (χ2v) is 7.97. The van der Waals surface area contributed by atoms with Crippen LogP contribution in [0.25, 0.3) is 0 Å². The van der Waals surface area contributed by atoms with Crippen molar-refractivity contribution in [2.75, 3.05) is 19.8 Å². The van der Waals surface area contributed by atoms with Crippen LogP contribution >= 0.6 is 0 Å². The Bertz CT molecular complexity index is 994. The summed E-state index contributed by atoms with van der Waals surface area (Å²) in [6.07, 6.45) is 0.726. The fourth-order valence-corrected chi connectivity index (χ4v) is 3.62. The van der Waals surface area contributed by atoms with Crippen molar-refractivity contribution < 1.29 is 32.0 Å². The number of hydrogen-bond donors (Lipinski definition) is 1. The maximum absolute atomic E-state index is 12.9. The number of esters is 1. The summed E-state index contributed by atoms with van der Waals surface area (Å²) >= 11 is 0. The minimum absolute atomic E-state index is 0.229. The first-order chi connectivity index (χ1) is 13.8. The molecule has 2 aromatic rings. The number of fused-ring (bicyclic) bond motifs is 1. The van der Waals surface area contributed by atoms with Crippen molar-refractivity contribution in [3.8, 4) is 0 Å². The predicted molar refractivity (Wildman–Crippen MR) is 99.2 cm³/mol. The van der Waals surface area contributed by atoms with Gasteiger partial charge in [-0.1, -0.05) is 29.2 Å². The number of ether oxygens (including phenoxy) is 1. The molecule has 0 saturated heterocycles. The number of sulfonamides is 1. The highest BCUT2D eigenvalue weighted by Crippen LogP contribution is 2.18. The van der Waals surface area contributed by atoms with Crippen molar-refractivity contribution in [3.63, 3.8) is 0 Å². The molecule has 1 N–H and O–H groups in total. The van der Waals surface area contributed by atoms with Crippen molar-refractivity contribution in [1.29, 1.82) is 0 Å². The van der Waals surface area contributed by atoms with Crippen LogP contribution in [0, 0.1) is 5.82 Å². The van der Waals surface area contributed by atoms with E-state index in [1.165, 1.54) is 5.56 Å². The van der Waals surface area contributed by atoms with Gasteiger partial charge >= 0.3 is 5.97 Å². The number of amides is 1. The molecular formula is C19H19FN2O6S. The van der Waals surface area contributed by atoms with Crippen molar-refractivity contribution in [2.45, 2.75) is 17.9 Å². The Labute approximate surface area is 167 Å². The quantitative estimate of drug-likeness (QED) is 0.531. The van der Waals surface area contributed by atoms with Crippen LogP contribution in [0.15, 0.2) is 53.4 Å². The van der Waals surface area contributed by atoms with E-state index in [0.717, 1.165) is 36.2 Å². The first-order valence-electron chi connectivity index (χ1n) is 8.74. The lowest BCUT2D eigenvalue weighted by Gasteiger charge is -2.28. The van der Waals surface area contributed by atoms with Crippen LogP contribution in [0.1, 0.15) is 11.1 Å². The summed E-state index contributed by atoms with van der Waals surface area (Å²) in [6, 6.07) is 11.9. The Morgan fingerprint density at radius 1 is 1.03 bits per heavy atom. The van der Waals surface area contributed by atoms with Crippen LogP contribution in [-0.4, -0.2) is 45.0 Å². The lowest BCUT2D eigenvalue weighted by molar-refractivity contribution is -0.157. The molecule has 0 aliphatic carbocycles. The first kappa shape index (κ1) is 20.9. The lowest BCUT2D eigenvalue weighted by Crippen LogP contribution is -2.39. The molecule has 10 heteroatoms. The van der Waals surface area contributed by atoms with Gasteiger partial charge in [0.25, 0.3) is 15.9 Å². The average molecular weight is 422 g/mol. The smallest absolute Gasteiger partial charge is 0.334 e. The molecule has 0 saturated carbocycles. The highest BCUT2D eigenvalue weighted by atomic mass is 32.2. The SMILES string of the molecule is O=C(CONS(=O)(=O)c1ccc(F)cc1)OCC(=O)N1CCc2ccccc2C1. The van der Waals surface area contributed by atoms with E-state index >= 15 is 0 Å². The summed E-state index contributed by atoms with van der Waals surface area (Å²) in [7, 11) is -4.07. The highest BCUT2D eigenvalue weighted by molar-refractivity contribution is 7.89. The maximum Gasteiger partial charge on any atom is 0.334 e. The normalized spacial score (nSPS) is 13.6. The summed E-state index contributed by atoms with van der Waals surface area (Å²) in [5, 5.41) is 0. The van der Waals surface area contributed by atoms with E-state index in [2.05, 4.69) is 4.84 Å². The monoisotopic (exact) mass is 422 g/mol.